The fourth-order valence-electron chi connectivity index (χ4n) is 0.655. The van der Waals surface area contributed by atoms with Crippen LogP contribution < -0.4 is 0 Å². The maximum absolute atomic E-state index is 10.3. The highest BCUT2D eigenvalue weighted by Gasteiger charge is 2.06. The zero-order valence-electron chi connectivity index (χ0n) is 9.12. The molecule has 0 aliphatic carbocycles. The molecule has 0 saturated heterocycles. The van der Waals surface area contributed by atoms with E-state index in [9.17, 15) is 4.79 Å². The van der Waals surface area contributed by atoms with Gasteiger partial charge < -0.3 is 24.9 Å². The van der Waals surface area contributed by atoms with Crippen LogP contribution in [-0.4, -0.2) is 30.9 Å². The van der Waals surface area contributed by atoms with Crippen molar-refractivity contribution in [2.75, 3.05) is 0 Å². The van der Waals surface area contributed by atoms with Gasteiger partial charge in [-0.2, -0.15) is 0 Å². The van der Waals surface area contributed by atoms with Crippen LogP contribution >= 0.6 is 7.82 Å². The van der Waals surface area contributed by atoms with Gasteiger partial charge in [0.2, 0.25) is 0 Å². The van der Waals surface area contributed by atoms with Crippen LogP contribution in [0.1, 0.15) is 33.1 Å². The Bertz CT molecular complexity index is 282. The van der Waals surface area contributed by atoms with Gasteiger partial charge in [0.1, 0.15) is 5.76 Å². The molecule has 0 unspecified atom stereocenters. The Balaban J connectivity index is 0. The lowest BCUT2D eigenvalue weighted by molar-refractivity contribution is -0.132. The van der Waals surface area contributed by atoms with Crippen molar-refractivity contribution in [3.8, 4) is 0 Å². The highest BCUT2D eigenvalue weighted by atomic mass is 31.2. The highest BCUT2D eigenvalue weighted by molar-refractivity contribution is 7.45. The summed E-state index contributed by atoms with van der Waals surface area (Å²) in [7, 11) is -4.64. The molecule has 0 rings (SSSR count). The first-order valence-corrected chi connectivity index (χ1v) is 6.06. The lowest BCUT2D eigenvalue weighted by atomic mass is 10.1. The molecule has 5 N–H and O–H groups in total. The predicted molar refractivity (Wildman–Crippen MR) is 56.8 cm³/mol. The molecule has 0 aliphatic heterocycles. The summed E-state index contributed by atoms with van der Waals surface area (Å²) in [6.45, 7) is 3.40. The molecule has 0 saturated carbocycles. The van der Waals surface area contributed by atoms with E-state index in [1.165, 1.54) is 6.92 Å². The number of aliphatic carboxylic acids is 1. The summed E-state index contributed by atoms with van der Waals surface area (Å²) >= 11 is 0. The van der Waals surface area contributed by atoms with Gasteiger partial charge in [-0.05, 0) is 13.3 Å². The van der Waals surface area contributed by atoms with Crippen LogP contribution in [0.3, 0.4) is 0 Å². The maximum Gasteiger partial charge on any atom is 0.466 e. The summed E-state index contributed by atoms with van der Waals surface area (Å²) in [4.78, 5) is 31.8. The number of carboxylic acid groups (broad SMARTS) is 1. The van der Waals surface area contributed by atoms with E-state index in [1.807, 2.05) is 6.92 Å². The van der Waals surface area contributed by atoms with Gasteiger partial charge in [-0.25, -0.2) is 9.36 Å². The van der Waals surface area contributed by atoms with Gasteiger partial charge in [0.15, 0.2) is 0 Å². The summed E-state index contributed by atoms with van der Waals surface area (Å²) in [5, 5.41) is 17.6. The van der Waals surface area contributed by atoms with E-state index in [-0.39, 0.29) is 11.3 Å². The molecule has 96 valence electrons. The highest BCUT2D eigenvalue weighted by Crippen LogP contribution is 2.25. The Morgan fingerprint density at radius 2 is 1.56 bits per heavy atom. The van der Waals surface area contributed by atoms with Crippen molar-refractivity contribution in [1.82, 2.24) is 0 Å². The van der Waals surface area contributed by atoms with E-state index in [4.69, 9.17) is 29.5 Å². The van der Waals surface area contributed by atoms with Gasteiger partial charge in [0, 0.05) is 6.42 Å². The molecule has 0 aromatic carbocycles. The van der Waals surface area contributed by atoms with Crippen molar-refractivity contribution >= 4 is 13.8 Å². The van der Waals surface area contributed by atoms with Crippen molar-refractivity contribution in [2.24, 2.45) is 0 Å². The van der Waals surface area contributed by atoms with Gasteiger partial charge in [-0.15, -0.1) is 0 Å². The Kier molecular flexibility index (Phi) is 9.08. The average molecular weight is 256 g/mol. The van der Waals surface area contributed by atoms with Crippen molar-refractivity contribution in [1.29, 1.82) is 0 Å². The zero-order valence-corrected chi connectivity index (χ0v) is 10.0. The number of unbranched alkanes of at least 4 members (excludes halogenated alkanes) is 1. The Morgan fingerprint density at radius 1 is 1.19 bits per heavy atom. The molecule has 0 amide bonds. The number of aliphatic hydroxyl groups is 1. The fraction of sp³-hybridized carbons (Fsp3) is 0.625. The molecule has 0 aromatic rings. The molecule has 0 spiro atoms. The van der Waals surface area contributed by atoms with Gasteiger partial charge in [0.25, 0.3) is 0 Å². The summed E-state index contributed by atoms with van der Waals surface area (Å²) < 4.78 is 8.88. The number of allylic oxidation sites excluding steroid dienone is 1. The van der Waals surface area contributed by atoms with E-state index >= 15 is 0 Å². The lowest BCUT2D eigenvalue weighted by Gasteiger charge is -2.00. The lowest BCUT2D eigenvalue weighted by Crippen LogP contribution is -2.00. The number of hydrogen-bond acceptors (Lipinski definition) is 3. The Labute approximate surface area is 93.3 Å². The normalized spacial score (nSPS) is 12.3. The third-order valence-electron chi connectivity index (χ3n) is 1.52. The minimum atomic E-state index is -4.64. The second-order valence-corrected chi connectivity index (χ2v) is 4.02. The molecule has 7 nitrogen and oxygen atoms in total. The average Bonchev–Trinajstić information content (AvgIpc) is 2.10. The topological polar surface area (TPSA) is 135 Å². The van der Waals surface area contributed by atoms with Gasteiger partial charge in [0.05, 0.1) is 5.57 Å². The van der Waals surface area contributed by atoms with Crippen LogP contribution in [-0.2, 0) is 9.36 Å². The SMILES string of the molecule is CCCCC(O)=C(C)C(=O)O.O=P(O)(O)O. The predicted octanol–water partition coefficient (Wildman–Crippen LogP) is 1.16. The van der Waals surface area contributed by atoms with Crippen molar-refractivity contribution in [3.63, 3.8) is 0 Å². The number of carboxylic acids is 1. The van der Waals surface area contributed by atoms with Crippen LogP contribution in [0.5, 0.6) is 0 Å². The summed E-state index contributed by atoms with van der Waals surface area (Å²) in [5.41, 5.74) is 0.0541. The van der Waals surface area contributed by atoms with E-state index in [2.05, 4.69) is 0 Å². The van der Waals surface area contributed by atoms with E-state index < -0.39 is 13.8 Å². The number of rotatable bonds is 4. The molecule has 0 aliphatic rings. The maximum atomic E-state index is 10.3. The van der Waals surface area contributed by atoms with Crippen molar-refractivity contribution in [3.05, 3.63) is 11.3 Å². The van der Waals surface area contributed by atoms with E-state index in [1.54, 1.807) is 0 Å². The molecule has 0 heterocycles. The molecular formula is C8H17O7P. The first kappa shape index (κ1) is 17.5. The Morgan fingerprint density at radius 3 is 1.81 bits per heavy atom. The second-order valence-electron chi connectivity index (χ2n) is 2.99. The third kappa shape index (κ3) is 15.6. The van der Waals surface area contributed by atoms with E-state index in [0.717, 1.165) is 12.8 Å². The van der Waals surface area contributed by atoms with Crippen LogP contribution in [0.2, 0.25) is 0 Å². The number of carbonyl (C=O) groups is 1. The smallest absolute Gasteiger partial charge is 0.466 e. The van der Waals surface area contributed by atoms with Gasteiger partial charge in [-0.3, -0.25) is 0 Å². The molecular weight excluding hydrogens is 239 g/mol. The van der Waals surface area contributed by atoms with Crippen LogP contribution in [0.4, 0.5) is 0 Å². The minimum absolute atomic E-state index is 0.000602. The standard InChI is InChI=1S/C8H14O3.H3O4P/c1-3-4-5-7(9)6(2)8(10)11;1-5(2,3)4/h9H,3-5H2,1-2H3,(H,10,11);(H3,1,2,3,4). The van der Waals surface area contributed by atoms with Gasteiger partial charge >= 0.3 is 13.8 Å². The first-order chi connectivity index (χ1) is 7.09. The van der Waals surface area contributed by atoms with Gasteiger partial charge in [-0.1, -0.05) is 13.3 Å². The molecule has 0 aromatic heterocycles. The monoisotopic (exact) mass is 256 g/mol. The largest absolute Gasteiger partial charge is 0.512 e. The van der Waals surface area contributed by atoms with Crippen molar-refractivity contribution in [2.45, 2.75) is 33.1 Å². The molecule has 0 fully saturated rings. The van der Waals surface area contributed by atoms with Crippen LogP contribution in [0.25, 0.3) is 0 Å². The molecule has 8 heteroatoms. The molecule has 16 heavy (non-hydrogen) atoms. The third-order valence-corrected chi connectivity index (χ3v) is 1.52. The first-order valence-electron chi connectivity index (χ1n) is 4.49. The van der Waals surface area contributed by atoms with E-state index in [0.29, 0.717) is 6.42 Å². The molecule has 0 atom stereocenters. The van der Waals surface area contributed by atoms with Crippen LogP contribution in [0.15, 0.2) is 11.3 Å². The number of aliphatic hydroxyl groups excluding tert-OH is 1. The number of hydrogen-bond donors (Lipinski definition) is 5. The molecule has 0 radical (unpaired) electrons. The van der Waals surface area contributed by atoms with Crippen LogP contribution in [0, 0.1) is 0 Å². The second kappa shape index (κ2) is 8.29. The summed E-state index contributed by atoms with van der Waals surface area (Å²) in [5.74, 6) is -1.04. The Hall–Kier alpha value is -0.880. The van der Waals surface area contributed by atoms with Crippen molar-refractivity contribution < 1.29 is 34.3 Å². The fourth-order valence-corrected chi connectivity index (χ4v) is 0.655. The number of phosphoric acid groups is 1. The summed E-state index contributed by atoms with van der Waals surface area (Å²) in [6, 6.07) is 0. The minimum Gasteiger partial charge on any atom is -0.512 e. The quantitative estimate of drug-likeness (QED) is 0.289. The zero-order chi connectivity index (χ0) is 13.4. The summed E-state index contributed by atoms with van der Waals surface area (Å²) in [6.07, 6.45) is 2.25. The molecule has 0 bridgehead atoms.